The van der Waals surface area contributed by atoms with Gasteiger partial charge >= 0.3 is 0 Å². The third-order valence-corrected chi connectivity index (χ3v) is 7.28. The summed E-state index contributed by atoms with van der Waals surface area (Å²) in [7, 11) is 0. The maximum absolute atomic E-state index is 13.2. The number of aromatic nitrogens is 4. The Morgan fingerprint density at radius 2 is 1.74 bits per heavy atom. The van der Waals surface area contributed by atoms with E-state index in [9.17, 15) is 4.79 Å². The summed E-state index contributed by atoms with van der Waals surface area (Å²) in [4.78, 5) is 16.5. The van der Waals surface area contributed by atoms with Crippen molar-refractivity contribution in [3.8, 4) is 11.4 Å². The molecule has 2 heterocycles. The Morgan fingerprint density at radius 3 is 2.53 bits per heavy atom. The van der Waals surface area contributed by atoms with Crippen LogP contribution in [0.15, 0.2) is 53.7 Å². The highest BCUT2D eigenvalue weighted by Gasteiger charge is 2.19. The fraction of sp³-hybridized carbons (Fsp3) is 0.370. The molecule has 0 aliphatic carbocycles. The number of hydrogen-bond donors (Lipinski definition) is 1. The number of ketones is 1. The maximum atomic E-state index is 13.2. The van der Waals surface area contributed by atoms with Crippen molar-refractivity contribution in [3.63, 3.8) is 0 Å². The predicted molar refractivity (Wildman–Crippen MR) is 142 cm³/mol. The molecule has 0 spiro atoms. The van der Waals surface area contributed by atoms with Gasteiger partial charge in [-0.1, -0.05) is 80.6 Å². The molecule has 0 saturated carbocycles. The number of benzene rings is 2. The van der Waals surface area contributed by atoms with Gasteiger partial charge in [-0.3, -0.25) is 4.79 Å². The van der Waals surface area contributed by atoms with E-state index in [1.165, 1.54) is 43.9 Å². The van der Waals surface area contributed by atoms with Gasteiger partial charge in [-0.05, 0) is 43.7 Å². The molecule has 0 atom stereocenters. The zero-order valence-electron chi connectivity index (χ0n) is 19.8. The van der Waals surface area contributed by atoms with Gasteiger partial charge in [0, 0.05) is 39.3 Å². The Hall–Kier alpha value is -2.57. The average Bonchev–Trinajstić information content (AvgIpc) is 3.40. The Balaban J connectivity index is 1.51. The summed E-state index contributed by atoms with van der Waals surface area (Å²) in [5.41, 5.74) is 3.64. The first-order valence-electron chi connectivity index (χ1n) is 12.0. The van der Waals surface area contributed by atoms with Gasteiger partial charge in [0.2, 0.25) is 0 Å². The topological polar surface area (TPSA) is 63.6 Å². The van der Waals surface area contributed by atoms with Crippen LogP contribution in [-0.2, 0) is 6.54 Å². The third kappa shape index (κ3) is 5.73. The highest BCUT2D eigenvalue weighted by atomic mass is 35.5. The van der Waals surface area contributed by atoms with Crippen LogP contribution in [0.25, 0.3) is 22.3 Å². The lowest BCUT2D eigenvalue weighted by Crippen LogP contribution is -2.07. The summed E-state index contributed by atoms with van der Waals surface area (Å²) < 4.78 is 2.16. The number of unbranched alkanes of at least 4 members (excludes halogenated alkanes) is 5. The fourth-order valence-electron chi connectivity index (χ4n) is 4.30. The number of hydrogen-bond acceptors (Lipinski definition) is 4. The molecule has 0 aliphatic rings. The minimum atomic E-state index is 0.0992. The number of Topliss-reactive ketones (excluding diaryl/α,β-unsaturated/α-hetero) is 1. The Bertz CT molecular complexity index is 1250. The highest BCUT2D eigenvalue weighted by Crippen LogP contribution is 2.28. The van der Waals surface area contributed by atoms with Crippen molar-refractivity contribution in [1.82, 2.24) is 19.7 Å². The van der Waals surface area contributed by atoms with E-state index in [0.717, 1.165) is 51.7 Å². The predicted octanol–water partition coefficient (Wildman–Crippen LogP) is 7.72. The molecular weight excluding hydrogens is 464 g/mol. The number of halogens is 1. The Kier molecular flexibility index (Phi) is 8.46. The van der Waals surface area contributed by atoms with Gasteiger partial charge in [0.05, 0.1) is 5.75 Å². The fourth-order valence-corrected chi connectivity index (χ4v) is 5.26. The largest absolute Gasteiger partial charge is 0.358 e. The molecule has 0 aliphatic heterocycles. The van der Waals surface area contributed by atoms with Crippen LogP contribution < -0.4 is 0 Å². The Morgan fingerprint density at radius 1 is 1.00 bits per heavy atom. The first kappa shape index (κ1) is 24.6. The molecule has 4 rings (SSSR count). The molecule has 7 heteroatoms. The molecule has 5 nitrogen and oxygen atoms in total. The smallest absolute Gasteiger partial charge is 0.191 e. The standard InChI is InChI=1S/C27H31ClN4OS/c1-3-4-5-6-7-10-17-32-26(20-13-15-21(28)16-14-20)30-31-27(32)34-18-24(33)25-19(2)29-23-12-9-8-11-22(23)25/h8-9,11-16,29H,3-7,10,17-18H2,1-2H3. The van der Waals surface area contributed by atoms with Gasteiger partial charge in [-0.15, -0.1) is 10.2 Å². The summed E-state index contributed by atoms with van der Waals surface area (Å²) in [5, 5.41) is 11.4. The minimum absolute atomic E-state index is 0.0992. The molecule has 0 bridgehead atoms. The molecule has 0 radical (unpaired) electrons. The lowest BCUT2D eigenvalue weighted by Gasteiger charge is -2.10. The van der Waals surface area contributed by atoms with Crippen molar-refractivity contribution in [3.05, 3.63) is 64.8 Å². The van der Waals surface area contributed by atoms with Gasteiger partial charge < -0.3 is 9.55 Å². The monoisotopic (exact) mass is 494 g/mol. The van der Waals surface area contributed by atoms with Crippen molar-refractivity contribution in [2.75, 3.05) is 5.75 Å². The lowest BCUT2D eigenvalue weighted by atomic mass is 10.1. The first-order valence-corrected chi connectivity index (χ1v) is 13.4. The zero-order chi connectivity index (χ0) is 23.9. The molecule has 0 fully saturated rings. The number of fused-ring (bicyclic) bond motifs is 1. The molecule has 0 unspecified atom stereocenters. The Labute approximate surface area is 210 Å². The van der Waals surface area contributed by atoms with Crippen molar-refractivity contribution in [2.45, 2.75) is 64.1 Å². The number of thioether (sulfide) groups is 1. The summed E-state index contributed by atoms with van der Waals surface area (Å²) in [5.74, 6) is 1.24. The highest BCUT2D eigenvalue weighted by molar-refractivity contribution is 7.99. The van der Waals surface area contributed by atoms with Gasteiger partial charge in [-0.25, -0.2) is 0 Å². The summed E-state index contributed by atoms with van der Waals surface area (Å²) in [6.45, 7) is 5.02. The number of H-pyrrole nitrogens is 1. The number of carbonyl (C=O) groups is 1. The zero-order valence-corrected chi connectivity index (χ0v) is 21.4. The van der Waals surface area contributed by atoms with Crippen LogP contribution in [0.1, 0.15) is 61.5 Å². The van der Waals surface area contributed by atoms with Crippen LogP contribution in [0, 0.1) is 6.92 Å². The SMILES string of the molecule is CCCCCCCCn1c(SCC(=O)c2c(C)[nH]c3ccccc23)nnc1-c1ccc(Cl)cc1. The normalized spacial score (nSPS) is 11.4. The van der Waals surface area contributed by atoms with Crippen molar-refractivity contribution >= 4 is 40.0 Å². The van der Waals surface area contributed by atoms with E-state index in [1.54, 1.807) is 0 Å². The van der Waals surface area contributed by atoms with E-state index in [1.807, 2.05) is 55.5 Å². The van der Waals surface area contributed by atoms with E-state index in [0.29, 0.717) is 10.8 Å². The van der Waals surface area contributed by atoms with Gasteiger partial charge in [-0.2, -0.15) is 0 Å². The van der Waals surface area contributed by atoms with E-state index in [4.69, 9.17) is 11.6 Å². The second-order valence-corrected chi connectivity index (χ2v) is 9.99. The summed E-state index contributed by atoms with van der Waals surface area (Å²) in [6, 6.07) is 15.6. The number of rotatable bonds is 12. The molecule has 0 amide bonds. The molecule has 0 saturated heterocycles. The number of aryl methyl sites for hydroxylation is 1. The second-order valence-electron chi connectivity index (χ2n) is 8.61. The number of aromatic amines is 1. The number of para-hydroxylation sites is 1. The quantitative estimate of drug-likeness (QED) is 0.124. The molecular formula is C27H31ClN4OS. The molecule has 34 heavy (non-hydrogen) atoms. The van der Waals surface area contributed by atoms with Gasteiger partial charge in [0.25, 0.3) is 0 Å². The summed E-state index contributed by atoms with van der Waals surface area (Å²) >= 11 is 7.55. The van der Waals surface area contributed by atoms with E-state index in [-0.39, 0.29) is 5.78 Å². The first-order chi connectivity index (χ1) is 16.6. The number of nitrogens with zero attached hydrogens (tertiary/aromatic N) is 3. The molecule has 2 aromatic carbocycles. The van der Waals surface area contributed by atoms with Crippen molar-refractivity contribution in [2.24, 2.45) is 0 Å². The van der Waals surface area contributed by atoms with E-state index in [2.05, 4.69) is 26.7 Å². The van der Waals surface area contributed by atoms with Crippen LogP contribution in [0.2, 0.25) is 5.02 Å². The molecule has 1 N–H and O–H groups in total. The number of nitrogens with one attached hydrogen (secondary N) is 1. The lowest BCUT2D eigenvalue weighted by molar-refractivity contribution is 0.102. The minimum Gasteiger partial charge on any atom is -0.358 e. The van der Waals surface area contributed by atoms with Crippen molar-refractivity contribution < 1.29 is 4.79 Å². The van der Waals surface area contributed by atoms with Crippen LogP contribution in [0.4, 0.5) is 0 Å². The molecule has 4 aromatic rings. The van der Waals surface area contributed by atoms with Crippen LogP contribution in [-0.4, -0.2) is 31.3 Å². The van der Waals surface area contributed by atoms with Gasteiger partial charge in [0.15, 0.2) is 16.8 Å². The third-order valence-electron chi connectivity index (χ3n) is 6.06. The maximum Gasteiger partial charge on any atom is 0.191 e. The van der Waals surface area contributed by atoms with Gasteiger partial charge in [0.1, 0.15) is 0 Å². The van der Waals surface area contributed by atoms with Crippen LogP contribution in [0.3, 0.4) is 0 Å². The van der Waals surface area contributed by atoms with E-state index >= 15 is 0 Å². The van der Waals surface area contributed by atoms with Crippen LogP contribution in [0.5, 0.6) is 0 Å². The van der Waals surface area contributed by atoms with Crippen molar-refractivity contribution in [1.29, 1.82) is 0 Å². The molecule has 178 valence electrons. The second kappa shape index (κ2) is 11.7. The summed E-state index contributed by atoms with van der Waals surface area (Å²) in [6.07, 6.45) is 7.30. The van der Waals surface area contributed by atoms with Crippen LogP contribution >= 0.6 is 23.4 Å². The number of carbonyl (C=O) groups excluding carboxylic acids is 1. The van der Waals surface area contributed by atoms with E-state index < -0.39 is 0 Å². The average molecular weight is 495 g/mol. The molecule has 2 aromatic heterocycles.